The van der Waals surface area contributed by atoms with Crippen LogP contribution in [0.4, 0.5) is 4.39 Å². The predicted octanol–water partition coefficient (Wildman–Crippen LogP) is -0.743. The lowest BCUT2D eigenvalue weighted by atomic mass is 10.0. The van der Waals surface area contributed by atoms with E-state index < -0.39 is 5.67 Å². The Morgan fingerprint density at radius 3 is 2.29 bits per heavy atom. The number of rotatable bonds is 1. The Kier molecular flexibility index (Phi) is 1.01. The molecule has 1 saturated heterocycles. The molecule has 1 heterocycles. The molecule has 0 aliphatic carbocycles. The lowest BCUT2D eigenvalue weighted by molar-refractivity contribution is 0.101. The van der Waals surface area contributed by atoms with Crippen molar-refractivity contribution in [1.82, 2.24) is 5.32 Å². The number of hydrogen-bond acceptors (Lipinski definition) is 2. The van der Waals surface area contributed by atoms with Gasteiger partial charge < -0.3 is 11.1 Å². The van der Waals surface area contributed by atoms with Crippen molar-refractivity contribution in [3.63, 3.8) is 0 Å². The second-order valence-electron chi connectivity index (χ2n) is 1.96. The Morgan fingerprint density at radius 2 is 2.29 bits per heavy atom. The molecule has 0 saturated carbocycles. The van der Waals surface area contributed by atoms with Gasteiger partial charge in [-0.1, -0.05) is 0 Å². The zero-order valence-corrected chi connectivity index (χ0v) is 4.08. The van der Waals surface area contributed by atoms with Crippen LogP contribution in [0.15, 0.2) is 0 Å². The Hall–Kier alpha value is -0.150. The van der Waals surface area contributed by atoms with Gasteiger partial charge in [-0.25, -0.2) is 4.39 Å². The van der Waals surface area contributed by atoms with Gasteiger partial charge in [-0.3, -0.25) is 0 Å². The quantitative estimate of drug-likeness (QED) is 0.459. The van der Waals surface area contributed by atoms with E-state index in [0.29, 0.717) is 13.1 Å². The highest BCUT2D eigenvalue weighted by Crippen LogP contribution is 2.12. The second-order valence-corrected chi connectivity index (χ2v) is 1.96. The second kappa shape index (κ2) is 1.42. The van der Waals surface area contributed by atoms with Crippen molar-refractivity contribution < 1.29 is 4.39 Å². The minimum Gasteiger partial charge on any atom is -0.327 e. The van der Waals surface area contributed by atoms with E-state index in [9.17, 15) is 4.39 Å². The van der Waals surface area contributed by atoms with Gasteiger partial charge >= 0.3 is 0 Å². The molecule has 0 bridgehead atoms. The fraction of sp³-hybridized carbons (Fsp3) is 1.00. The summed E-state index contributed by atoms with van der Waals surface area (Å²) in [5.74, 6) is 0. The first-order valence-electron chi connectivity index (χ1n) is 2.36. The van der Waals surface area contributed by atoms with Gasteiger partial charge in [0.15, 0.2) is 0 Å². The van der Waals surface area contributed by atoms with Gasteiger partial charge in [-0.05, 0) is 0 Å². The van der Waals surface area contributed by atoms with Crippen LogP contribution in [-0.4, -0.2) is 25.3 Å². The molecule has 3 heteroatoms. The Balaban J connectivity index is 2.29. The third kappa shape index (κ3) is 0.737. The van der Waals surface area contributed by atoms with Crippen molar-refractivity contribution in [2.75, 3.05) is 19.6 Å². The van der Waals surface area contributed by atoms with Crippen LogP contribution in [0.25, 0.3) is 0 Å². The van der Waals surface area contributed by atoms with Gasteiger partial charge in [-0.2, -0.15) is 0 Å². The van der Waals surface area contributed by atoms with Crippen molar-refractivity contribution in [2.45, 2.75) is 5.67 Å². The van der Waals surface area contributed by atoms with Crippen molar-refractivity contribution >= 4 is 0 Å². The van der Waals surface area contributed by atoms with E-state index in [4.69, 9.17) is 5.73 Å². The summed E-state index contributed by atoms with van der Waals surface area (Å²) < 4.78 is 12.4. The monoisotopic (exact) mass is 104 g/mol. The van der Waals surface area contributed by atoms with Crippen molar-refractivity contribution in [3.8, 4) is 0 Å². The summed E-state index contributed by atoms with van der Waals surface area (Å²) in [5, 5.41) is 2.80. The van der Waals surface area contributed by atoms with Gasteiger partial charge in [0.25, 0.3) is 0 Å². The van der Waals surface area contributed by atoms with E-state index in [0.717, 1.165) is 0 Å². The fourth-order valence-corrected chi connectivity index (χ4v) is 0.541. The smallest absolute Gasteiger partial charge is 0.147 e. The summed E-state index contributed by atoms with van der Waals surface area (Å²) in [6.45, 7) is 1.02. The van der Waals surface area contributed by atoms with E-state index in [1.807, 2.05) is 0 Å². The van der Waals surface area contributed by atoms with Crippen molar-refractivity contribution in [2.24, 2.45) is 5.73 Å². The molecule has 1 aliphatic rings. The van der Waals surface area contributed by atoms with Crippen LogP contribution < -0.4 is 11.1 Å². The van der Waals surface area contributed by atoms with Gasteiger partial charge in [0.05, 0.1) is 0 Å². The molecule has 0 aromatic rings. The van der Waals surface area contributed by atoms with E-state index in [1.165, 1.54) is 0 Å². The number of alkyl halides is 1. The molecule has 7 heavy (non-hydrogen) atoms. The topological polar surface area (TPSA) is 38.0 Å². The van der Waals surface area contributed by atoms with Crippen LogP contribution in [0.2, 0.25) is 0 Å². The fourth-order valence-electron chi connectivity index (χ4n) is 0.541. The van der Waals surface area contributed by atoms with Crippen LogP contribution >= 0.6 is 0 Å². The van der Waals surface area contributed by atoms with Gasteiger partial charge in [0.1, 0.15) is 5.67 Å². The summed E-state index contributed by atoms with van der Waals surface area (Å²) in [7, 11) is 0. The molecule has 1 rings (SSSR count). The van der Waals surface area contributed by atoms with Crippen LogP contribution in [0.5, 0.6) is 0 Å². The maximum absolute atomic E-state index is 12.4. The number of hydrogen-bond donors (Lipinski definition) is 2. The summed E-state index contributed by atoms with van der Waals surface area (Å²) >= 11 is 0. The van der Waals surface area contributed by atoms with Crippen molar-refractivity contribution in [1.29, 1.82) is 0 Å². The van der Waals surface area contributed by atoms with Crippen LogP contribution in [0.3, 0.4) is 0 Å². The molecule has 0 aromatic carbocycles. The van der Waals surface area contributed by atoms with Gasteiger partial charge in [-0.15, -0.1) is 0 Å². The molecule has 1 aliphatic heterocycles. The summed E-state index contributed by atoms with van der Waals surface area (Å²) in [5.41, 5.74) is 3.98. The summed E-state index contributed by atoms with van der Waals surface area (Å²) in [6, 6.07) is 0. The van der Waals surface area contributed by atoms with Crippen molar-refractivity contribution in [3.05, 3.63) is 0 Å². The standard InChI is InChI=1S/C4H9FN2/c5-4(1-6)2-7-3-4/h7H,1-3,6H2. The normalized spacial score (nSPS) is 26.6. The lowest BCUT2D eigenvalue weighted by Gasteiger charge is -2.33. The maximum Gasteiger partial charge on any atom is 0.147 e. The van der Waals surface area contributed by atoms with Crippen LogP contribution in [0, 0.1) is 0 Å². The molecule has 0 atom stereocenters. The van der Waals surface area contributed by atoms with E-state index in [-0.39, 0.29) is 6.54 Å². The molecule has 3 N–H and O–H groups in total. The predicted molar refractivity (Wildman–Crippen MR) is 25.8 cm³/mol. The SMILES string of the molecule is NCC1(F)CNC1. The molecule has 0 amide bonds. The minimum absolute atomic E-state index is 0.153. The zero-order valence-electron chi connectivity index (χ0n) is 4.08. The third-order valence-electron chi connectivity index (χ3n) is 1.25. The third-order valence-corrected chi connectivity index (χ3v) is 1.25. The van der Waals surface area contributed by atoms with Crippen LogP contribution in [0.1, 0.15) is 0 Å². The average molecular weight is 104 g/mol. The number of halogens is 1. The molecule has 0 radical (unpaired) electrons. The largest absolute Gasteiger partial charge is 0.327 e. The highest BCUT2D eigenvalue weighted by atomic mass is 19.1. The van der Waals surface area contributed by atoms with Gasteiger partial charge in [0, 0.05) is 19.6 Å². The maximum atomic E-state index is 12.4. The molecular formula is C4H9FN2. The summed E-state index contributed by atoms with van der Waals surface area (Å²) in [6.07, 6.45) is 0. The Labute approximate surface area is 41.9 Å². The molecule has 0 spiro atoms. The number of nitrogens with one attached hydrogen (secondary N) is 1. The first-order chi connectivity index (χ1) is 3.27. The van der Waals surface area contributed by atoms with E-state index >= 15 is 0 Å². The molecule has 42 valence electrons. The van der Waals surface area contributed by atoms with Crippen LogP contribution in [-0.2, 0) is 0 Å². The zero-order chi connectivity index (χ0) is 5.33. The first kappa shape index (κ1) is 5.00. The molecule has 1 fully saturated rings. The van der Waals surface area contributed by atoms with Gasteiger partial charge in [0.2, 0.25) is 0 Å². The van der Waals surface area contributed by atoms with E-state index in [2.05, 4.69) is 5.32 Å². The summed E-state index contributed by atoms with van der Waals surface area (Å²) in [4.78, 5) is 0. The molecular weight excluding hydrogens is 95.1 g/mol. The molecule has 2 nitrogen and oxygen atoms in total. The number of nitrogens with two attached hydrogens (primary N) is 1. The Bertz CT molecular complexity index is 64.6. The minimum atomic E-state index is -1.07. The first-order valence-corrected chi connectivity index (χ1v) is 2.36. The highest BCUT2D eigenvalue weighted by Gasteiger charge is 2.34. The average Bonchev–Trinajstić information content (AvgIpc) is 1.61. The molecule has 0 unspecified atom stereocenters. The lowest BCUT2D eigenvalue weighted by Crippen LogP contribution is -2.60. The Morgan fingerprint density at radius 1 is 1.71 bits per heavy atom. The highest BCUT2D eigenvalue weighted by molar-refractivity contribution is 4.93. The molecule has 0 aromatic heterocycles. The van der Waals surface area contributed by atoms with E-state index in [1.54, 1.807) is 0 Å².